The molecule has 1 atom stereocenters. The summed E-state index contributed by atoms with van der Waals surface area (Å²) in [6.45, 7) is -0.487. The lowest BCUT2D eigenvalue weighted by Gasteiger charge is -2.08. The third kappa shape index (κ3) is 5.20. The fourth-order valence-corrected chi connectivity index (χ4v) is 2.80. The minimum Gasteiger partial charge on any atom is -0.259 e. The van der Waals surface area contributed by atoms with Crippen LogP contribution in [0.2, 0.25) is 5.02 Å². The molecule has 0 aliphatic rings. The van der Waals surface area contributed by atoms with Gasteiger partial charge in [0.15, 0.2) is 12.7 Å². The molecule has 26 heavy (non-hydrogen) atoms. The number of benzene rings is 2. The van der Waals surface area contributed by atoms with Crippen LogP contribution in [0.3, 0.4) is 0 Å². The molecule has 0 saturated heterocycles. The maximum absolute atomic E-state index is 14.1. The lowest BCUT2D eigenvalue weighted by molar-refractivity contribution is -0.137. The summed E-state index contributed by atoms with van der Waals surface area (Å²) in [5.41, 5.74) is -1.62. The van der Waals surface area contributed by atoms with Crippen molar-refractivity contribution in [1.29, 1.82) is 0 Å². The minimum absolute atomic E-state index is 0.169. The Balaban J connectivity index is 2.11. The van der Waals surface area contributed by atoms with Gasteiger partial charge < -0.3 is 0 Å². The van der Waals surface area contributed by atoms with Gasteiger partial charge in [0.2, 0.25) is 10.0 Å². The normalized spacial score (nSPS) is 12.2. The van der Waals surface area contributed by atoms with Gasteiger partial charge in [-0.15, -0.1) is 0 Å². The van der Waals surface area contributed by atoms with E-state index < -0.39 is 35.9 Å². The van der Waals surface area contributed by atoms with E-state index in [9.17, 15) is 22.4 Å². The molecule has 0 aliphatic carbocycles. The van der Waals surface area contributed by atoms with Crippen molar-refractivity contribution >= 4 is 33.4 Å². The number of carbonyl (C=O) groups excluding carboxylic acids is 1. The monoisotopic (exact) mass is 450 g/mol. The summed E-state index contributed by atoms with van der Waals surface area (Å²) in [5.74, 6) is -1.22. The molecular formula is C16H10BrClF4N3O+. The van der Waals surface area contributed by atoms with E-state index in [1.165, 1.54) is 18.2 Å². The van der Waals surface area contributed by atoms with Crippen molar-refractivity contribution < 1.29 is 22.4 Å². The molecule has 0 saturated carbocycles. The van der Waals surface area contributed by atoms with Crippen LogP contribution in [0.5, 0.6) is 0 Å². The Kier molecular flexibility index (Phi) is 6.63. The maximum Gasteiger partial charge on any atom is 0.417 e. The van der Waals surface area contributed by atoms with Crippen molar-refractivity contribution in [2.45, 2.75) is 12.3 Å². The highest BCUT2D eigenvalue weighted by molar-refractivity contribution is 9.10. The molecule has 0 radical (unpaired) electrons. The second-order valence-corrected chi connectivity index (χ2v) is 6.32. The van der Waals surface area contributed by atoms with Gasteiger partial charge >= 0.3 is 12.1 Å². The van der Waals surface area contributed by atoms with E-state index >= 15 is 0 Å². The van der Waals surface area contributed by atoms with Gasteiger partial charge in [-0.2, -0.15) is 13.2 Å². The highest BCUT2D eigenvalue weighted by atomic mass is 79.9. The predicted octanol–water partition coefficient (Wildman–Crippen LogP) is 5.94. The Bertz CT molecular complexity index is 882. The average molecular weight is 452 g/mol. The molecule has 4 nitrogen and oxygen atoms in total. The van der Waals surface area contributed by atoms with Crippen LogP contribution in [-0.4, -0.2) is 12.5 Å². The van der Waals surface area contributed by atoms with Gasteiger partial charge in [0.25, 0.3) is 0 Å². The van der Waals surface area contributed by atoms with E-state index in [4.69, 9.17) is 11.6 Å². The fourth-order valence-electron chi connectivity index (χ4n) is 2.00. The summed E-state index contributed by atoms with van der Waals surface area (Å²) >= 11 is 9.09. The lowest BCUT2D eigenvalue weighted by atomic mass is 10.1. The number of carbonyl (C=O) groups is 1. The number of nitrogens with zero attached hydrogens (tertiary/aromatic N) is 3. The SMILES string of the molecule is O=C(N=[N+]=NCC(F)c1ccc(Br)cc1Cl)c1ccccc1C(F)(F)F. The molecule has 0 N–H and O–H groups in total. The van der Waals surface area contributed by atoms with E-state index in [1.54, 1.807) is 6.07 Å². The van der Waals surface area contributed by atoms with E-state index in [0.29, 0.717) is 4.47 Å². The van der Waals surface area contributed by atoms with Crippen LogP contribution in [-0.2, 0) is 6.18 Å². The van der Waals surface area contributed by atoms with Crippen molar-refractivity contribution in [3.63, 3.8) is 0 Å². The third-order valence-electron chi connectivity index (χ3n) is 3.20. The lowest BCUT2D eigenvalue weighted by Crippen LogP contribution is -2.11. The molecule has 0 spiro atoms. The molecule has 0 fully saturated rings. The van der Waals surface area contributed by atoms with Crippen molar-refractivity contribution in [3.05, 3.63) is 68.7 Å². The van der Waals surface area contributed by atoms with Gasteiger partial charge in [-0.05, 0) is 24.3 Å². The highest BCUT2D eigenvalue weighted by Crippen LogP contribution is 2.32. The molecule has 0 heterocycles. The van der Waals surface area contributed by atoms with Gasteiger partial charge in [-0.25, -0.2) is 4.39 Å². The smallest absolute Gasteiger partial charge is 0.259 e. The predicted molar refractivity (Wildman–Crippen MR) is 90.6 cm³/mol. The Labute approximate surface area is 158 Å². The second kappa shape index (κ2) is 8.53. The molecule has 1 unspecified atom stereocenters. The van der Waals surface area contributed by atoms with Crippen molar-refractivity contribution in [2.75, 3.05) is 6.54 Å². The zero-order chi connectivity index (χ0) is 19.3. The Morgan fingerprint density at radius 2 is 1.92 bits per heavy atom. The topological polar surface area (TPSA) is 55.9 Å². The number of amides is 1. The van der Waals surface area contributed by atoms with Gasteiger partial charge in [-0.3, -0.25) is 4.79 Å². The summed E-state index contributed by atoms with van der Waals surface area (Å²) < 4.78 is 53.3. The number of alkyl halides is 4. The molecule has 2 aromatic rings. The zero-order valence-corrected chi connectivity index (χ0v) is 15.2. The van der Waals surface area contributed by atoms with Gasteiger partial charge in [-0.1, -0.05) is 45.7 Å². The van der Waals surface area contributed by atoms with E-state index in [0.717, 1.165) is 18.2 Å². The van der Waals surface area contributed by atoms with E-state index in [2.05, 4.69) is 31.1 Å². The van der Waals surface area contributed by atoms with Gasteiger partial charge in [0.1, 0.15) is 5.11 Å². The quantitative estimate of drug-likeness (QED) is 0.322. The standard InChI is InChI=1S/C16H10BrClF4N3O/c17-9-5-6-11(13(18)7-9)14(19)8-23-25-24-15(26)10-3-1-2-4-12(10)16(20,21)22/h1-7,14H,8H2/q+1. The largest absolute Gasteiger partial charge is 0.417 e. The Morgan fingerprint density at radius 3 is 2.58 bits per heavy atom. The third-order valence-corrected chi connectivity index (χ3v) is 4.02. The first-order valence-corrected chi connectivity index (χ1v) is 8.24. The van der Waals surface area contributed by atoms with Crippen molar-refractivity contribution in [1.82, 2.24) is 4.91 Å². The zero-order valence-electron chi connectivity index (χ0n) is 12.8. The summed E-state index contributed by atoms with van der Waals surface area (Å²) in [6.07, 6.45) is -6.31. The number of halogens is 6. The number of rotatable bonds is 4. The number of hydrogen-bond donors (Lipinski definition) is 0. The summed E-state index contributed by atoms with van der Waals surface area (Å²) in [7, 11) is 0. The van der Waals surface area contributed by atoms with Crippen LogP contribution in [0, 0.1) is 0 Å². The summed E-state index contributed by atoms with van der Waals surface area (Å²) in [6, 6.07) is 8.69. The molecule has 0 aromatic heterocycles. The molecule has 10 heteroatoms. The van der Waals surface area contributed by atoms with Crippen molar-refractivity contribution in [2.24, 2.45) is 10.2 Å². The molecule has 136 valence electrons. The first kappa shape index (κ1) is 20.2. The molecule has 0 bridgehead atoms. The average Bonchev–Trinajstić information content (AvgIpc) is 2.57. The first-order chi connectivity index (χ1) is 12.2. The van der Waals surface area contributed by atoms with Crippen LogP contribution in [0.4, 0.5) is 17.6 Å². The van der Waals surface area contributed by atoms with Crippen LogP contribution < -0.4 is 4.91 Å². The second-order valence-electron chi connectivity index (χ2n) is 5.00. The van der Waals surface area contributed by atoms with E-state index in [1.807, 2.05) is 0 Å². The van der Waals surface area contributed by atoms with Crippen molar-refractivity contribution in [3.8, 4) is 0 Å². The van der Waals surface area contributed by atoms with E-state index in [-0.39, 0.29) is 10.6 Å². The Morgan fingerprint density at radius 1 is 1.23 bits per heavy atom. The van der Waals surface area contributed by atoms with Crippen LogP contribution in [0.15, 0.2) is 57.2 Å². The molecule has 2 rings (SSSR count). The summed E-state index contributed by atoms with van der Waals surface area (Å²) in [5, 5.41) is 6.64. The minimum atomic E-state index is -4.71. The molecular weight excluding hydrogens is 442 g/mol. The summed E-state index contributed by atoms with van der Waals surface area (Å²) in [4.78, 5) is 14.9. The van der Waals surface area contributed by atoms with Gasteiger partial charge in [0.05, 0.1) is 11.1 Å². The van der Waals surface area contributed by atoms with Gasteiger partial charge in [0, 0.05) is 15.1 Å². The molecule has 1 amide bonds. The van der Waals surface area contributed by atoms with Crippen LogP contribution in [0.1, 0.15) is 27.7 Å². The number of hydrogen-bond acceptors (Lipinski definition) is 2. The Hall–Kier alpha value is -2.09. The first-order valence-electron chi connectivity index (χ1n) is 7.07. The van der Waals surface area contributed by atoms with Crippen LogP contribution in [0.25, 0.3) is 0 Å². The highest BCUT2D eigenvalue weighted by Gasteiger charge is 2.35. The molecule has 0 aliphatic heterocycles. The fraction of sp³-hybridized carbons (Fsp3) is 0.188. The maximum atomic E-state index is 14.1. The molecule has 2 aromatic carbocycles. The van der Waals surface area contributed by atoms with Crippen LogP contribution >= 0.6 is 27.5 Å².